The lowest BCUT2D eigenvalue weighted by atomic mass is 10.0. The lowest BCUT2D eigenvalue weighted by molar-refractivity contribution is -0.140. The van der Waals surface area contributed by atoms with Gasteiger partial charge in [-0.05, 0) is 73.9 Å². The molecule has 0 saturated carbocycles. The molecule has 0 spiro atoms. The smallest absolute Gasteiger partial charge is 0.264 e. The van der Waals surface area contributed by atoms with Gasteiger partial charge in [0, 0.05) is 24.5 Å². The minimum Gasteiger partial charge on any atom is -0.355 e. The number of carbonyl (C=O) groups is 2. The number of aryl methyl sites for hydroxylation is 2. The highest BCUT2D eigenvalue weighted by molar-refractivity contribution is 7.92. The zero-order valence-corrected chi connectivity index (χ0v) is 26.4. The Morgan fingerprint density at radius 1 is 0.886 bits per heavy atom. The lowest BCUT2D eigenvalue weighted by Gasteiger charge is -2.34. The Morgan fingerprint density at radius 2 is 1.55 bits per heavy atom. The first kappa shape index (κ1) is 32.7. The van der Waals surface area contributed by atoms with Gasteiger partial charge in [-0.25, -0.2) is 12.8 Å². The normalized spacial score (nSPS) is 11.9. The summed E-state index contributed by atoms with van der Waals surface area (Å²) in [6.45, 7) is 5.03. The highest BCUT2D eigenvalue weighted by Gasteiger charge is 2.35. The van der Waals surface area contributed by atoms with Gasteiger partial charge in [0.05, 0.1) is 10.6 Å². The molecule has 0 bridgehead atoms. The number of hydrogen-bond acceptors (Lipinski definition) is 4. The molecule has 4 aromatic rings. The molecule has 0 aromatic heterocycles. The van der Waals surface area contributed by atoms with Crippen molar-refractivity contribution in [3.8, 4) is 0 Å². The average Bonchev–Trinajstić information content (AvgIpc) is 3.00. The van der Waals surface area contributed by atoms with Crippen molar-refractivity contribution < 1.29 is 22.4 Å². The maximum atomic E-state index is 14.4. The number of carbonyl (C=O) groups excluding carboxylic acids is 2. The van der Waals surface area contributed by atoms with Crippen LogP contribution in [0, 0.1) is 19.7 Å². The second-order valence-electron chi connectivity index (χ2n) is 10.5. The van der Waals surface area contributed by atoms with Gasteiger partial charge in [0.1, 0.15) is 18.4 Å². The van der Waals surface area contributed by atoms with Crippen molar-refractivity contribution in [1.82, 2.24) is 10.2 Å². The van der Waals surface area contributed by atoms with Crippen molar-refractivity contribution in [2.75, 3.05) is 17.4 Å². The van der Waals surface area contributed by atoms with Crippen molar-refractivity contribution in [2.24, 2.45) is 0 Å². The topological polar surface area (TPSA) is 86.8 Å². The van der Waals surface area contributed by atoms with Gasteiger partial charge in [-0.3, -0.25) is 13.9 Å². The van der Waals surface area contributed by atoms with E-state index in [0.29, 0.717) is 22.7 Å². The van der Waals surface area contributed by atoms with Gasteiger partial charge in [0.15, 0.2) is 0 Å². The first-order chi connectivity index (χ1) is 21.0. The van der Waals surface area contributed by atoms with Gasteiger partial charge < -0.3 is 10.2 Å². The molecule has 4 rings (SSSR count). The van der Waals surface area contributed by atoms with E-state index in [1.54, 1.807) is 38.1 Å². The summed E-state index contributed by atoms with van der Waals surface area (Å²) >= 11 is 6.31. The van der Waals surface area contributed by atoms with E-state index in [1.807, 2.05) is 37.3 Å². The Labute approximate surface area is 263 Å². The van der Waals surface area contributed by atoms with Crippen LogP contribution in [0.4, 0.5) is 10.1 Å². The van der Waals surface area contributed by atoms with Crippen molar-refractivity contribution in [2.45, 2.75) is 44.7 Å². The number of sulfonamides is 1. The van der Waals surface area contributed by atoms with Gasteiger partial charge in [0.2, 0.25) is 11.8 Å². The second-order valence-corrected chi connectivity index (χ2v) is 12.8. The first-order valence-electron chi connectivity index (χ1n) is 14.2. The number of benzene rings is 4. The van der Waals surface area contributed by atoms with E-state index in [0.717, 1.165) is 15.4 Å². The molecule has 10 heteroatoms. The molecule has 0 aliphatic rings. The molecule has 0 fully saturated rings. The van der Waals surface area contributed by atoms with E-state index in [1.165, 1.54) is 47.4 Å². The molecule has 0 heterocycles. The van der Waals surface area contributed by atoms with Gasteiger partial charge in [-0.15, -0.1) is 0 Å². The number of likely N-dealkylation sites (N-methyl/N-ethyl adjacent to an activating group) is 1. The molecule has 2 amide bonds. The molecule has 0 saturated heterocycles. The lowest BCUT2D eigenvalue weighted by Crippen LogP contribution is -2.53. The zero-order chi connectivity index (χ0) is 31.9. The number of rotatable bonds is 12. The summed E-state index contributed by atoms with van der Waals surface area (Å²) in [5.41, 5.74) is 3.10. The third kappa shape index (κ3) is 8.03. The minimum atomic E-state index is -4.26. The molecule has 1 atom stereocenters. The average molecular weight is 636 g/mol. The Bertz CT molecular complexity index is 1700. The number of nitrogens with one attached hydrogen (secondary N) is 1. The summed E-state index contributed by atoms with van der Waals surface area (Å²) in [4.78, 5) is 29.3. The van der Waals surface area contributed by atoms with Crippen LogP contribution in [0.5, 0.6) is 0 Å². The molecule has 4 aromatic carbocycles. The summed E-state index contributed by atoms with van der Waals surface area (Å²) in [5, 5.41) is 3.12. The fourth-order valence-electron chi connectivity index (χ4n) is 4.83. The Morgan fingerprint density at radius 3 is 2.18 bits per heavy atom. The van der Waals surface area contributed by atoms with Crippen molar-refractivity contribution in [3.63, 3.8) is 0 Å². The molecular formula is C34H35ClFN3O4S. The van der Waals surface area contributed by atoms with E-state index < -0.39 is 40.2 Å². The molecule has 1 N–H and O–H groups in total. The van der Waals surface area contributed by atoms with Crippen molar-refractivity contribution in [3.05, 3.63) is 130 Å². The zero-order valence-electron chi connectivity index (χ0n) is 24.8. The van der Waals surface area contributed by atoms with Crippen LogP contribution in [0.25, 0.3) is 0 Å². The van der Waals surface area contributed by atoms with E-state index in [4.69, 9.17) is 11.6 Å². The Hall–Kier alpha value is -4.21. The number of hydrogen-bond donors (Lipinski definition) is 1. The van der Waals surface area contributed by atoms with Gasteiger partial charge >= 0.3 is 0 Å². The van der Waals surface area contributed by atoms with Gasteiger partial charge in [0.25, 0.3) is 10.0 Å². The van der Waals surface area contributed by atoms with Crippen LogP contribution in [-0.2, 0) is 32.6 Å². The Balaban J connectivity index is 1.82. The van der Waals surface area contributed by atoms with E-state index in [9.17, 15) is 22.4 Å². The second kappa shape index (κ2) is 14.5. The predicted octanol–water partition coefficient (Wildman–Crippen LogP) is 6.07. The first-order valence-corrected chi connectivity index (χ1v) is 16.0. The molecular weight excluding hydrogens is 601 g/mol. The molecule has 44 heavy (non-hydrogen) atoms. The summed E-state index contributed by atoms with van der Waals surface area (Å²) in [6, 6.07) is 25.1. The van der Waals surface area contributed by atoms with Crippen LogP contribution in [0.15, 0.2) is 102 Å². The third-order valence-electron chi connectivity index (χ3n) is 7.22. The van der Waals surface area contributed by atoms with Crippen molar-refractivity contribution in [1.29, 1.82) is 0 Å². The largest absolute Gasteiger partial charge is 0.355 e. The molecule has 7 nitrogen and oxygen atoms in total. The van der Waals surface area contributed by atoms with Crippen LogP contribution < -0.4 is 9.62 Å². The molecule has 0 unspecified atom stereocenters. The summed E-state index contributed by atoms with van der Waals surface area (Å²) < 4.78 is 43.1. The van der Waals surface area contributed by atoms with E-state index in [2.05, 4.69) is 5.32 Å². The SMILES string of the molecule is CCNC(=O)[C@@H](Cc1ccccc1)N(Cc1ccc(F)cc1)C(=O)CN(c1cc(Cl)ccc1C)S(=O)(=O)c1ccc(C)cc1. The summed E-state index contributed by atoms with van der Waals surface area (Å²) in [5.74, 6) is -1.45. The fraction of sp³-hybridized carbons (Fsp3) is 0.235. The maximum absolute atomic E-state index is 14.4. The van der Waals surface area contributed by atoms with Crippen LogP contribution >= 0.6 is 11.6 Å². The van der Waals surface area contributed by atoms with Crippen LogP contribution in [-0.4, -0.2) is 44.3 Å². The highest BCUT2D eigenvalue weighted by atomic mass is 35.5. The van der Waals surface area contributed by atoms with Crippen LogP contribution in [0.3, 0.4) is 0 Å². The highest BCUT2D eigenvalue weighted by Crippen LogP contribution is 2.30. The van der Waals surface area contributed by atoms with Gasteiger partial charge in [-0.2, -0.15) is 0 Å². The van der Waals surface area contributed by atoms with E-state index >= 15 is 0 Å². The quantitative estimate of drug-likeness (QED) is 0.205. The minimum absolute atomic E-state index is 0.00456. The molecule has 0 aliphatic carbocycles. The predicted molar refractivity (Wildman–Crippen MR) is 171 cm³/mol. The summed E-state index contributed by atoms with van der Waals surface area (Å²) in [6.07, 6.45) is 0.181. The maximum Gasteiger partial charge on any atom is 0.264 e. The molecule has 230 valence electrons. The number of anilines is 1. The number of halogens is 2. The van der Waals surface area contributed by atoms with Crippen LogP contribution in [0.2, 0.25) is 5.02 Å². The standard InChI is InChI=1S/C34H35ClFN3O4S/c1-4-37-34(41)32(20-26-8-6-5-7-9-26)38(22-27-13-16-29(36)17-14-27)33(40)23-39(31-21-28(35)15-12-25(31)3)44(42,43)30-18-10-24(2)11-19-30/h5-19,21,32H,4,20,22-23H2,1-3H3,(H,37,41)/t32-/m1/s1. The van der Waals surface area contributed by atoms with Gasteiger partial charge in [-0.1, -0.05) is 77.8 Å². The summed E-state index contributed by atoms with van der Waals surface area (Å²) in [7, 11) is -4.26. The molecule has 0 radical (unpaired) electrons. The monoisotopic (exact) mass is 635 g/mol. The fourth-order valence-corrected chi connectivity index (χ4v) is 6.47. The third-order valence-corrected chi connectivity index (χ3v) is 9.23. The van der Waals surface area contributed by atoms with Crippen molar-refractivity contribution >= 4 is 39.1 Å². The van der Waals surface area contributed by atoms with E-state index in [-0.39, 0.29) is 23.5 Å². The Kier molecular flexibility index (Phi) is 10.8. The number of nitrogens with zero attached hydrogens (tertiary/aromatic N) is 2. The van der Waals surface area contributed by atoms with Crippen LogP contribution in [0.1, 0.15) is 29.2 Å². The molecule has 0 aliphatic heterocycles. The number of amides is 2.